The number of halogens is 2. The number of carbonyl (C=O) groups is 1. The molecule has 3 heteroatoms. The summed E-state index contributed by atoms with van der Waals surface area (Å²) in [6.45, 7) is 3.91. The Morgan fingerprint density at radius 1 is 1.56 bits per heavy atom. The molecule has 0 fully saturated rings. The molecule has 0 aliphatic heterocycles. The van der Waals surface area contributed by atoms with Crippen LogP contribution in [0.2, 0.25) is 0 Å². The van der Waals surface area contributed by atoms with E-state index in [4.69, 9.17) is 23.2 Å². The van der Waals surface area contributed by atoms with E-state index in [0.717, 1.165) is 0 Å². The maximum absolute atomic E-state index is 10.2. The van der Waals surface area contributed by atoms with Gasteiger partial charge in [0.2, 0.25) is 5.24 Å². The number of rotatable bonds is 3. The van der Waals surface area contributed by atoms with Gasteiger partial charge in [-0.25, -0.2) is 0 Å². The largest absolute Gasteiger partial charge is 0.281 e. The van der Waals surface area contributed by atoms with Crippen molar-refractivity contribution < 1.29 is 4.79 Å². The van der Waals surface area contributed by atoms with Crippen LogP contribution in [0, 0.1) is 5.92 Å². The lowest BCUT2D eigenvalue weighted by Gasteiger charge is -2.08. The highest BCUT2D eigenvalue weighted by atomic mass is 35.5. The van der Waals surface area contributed by atoms with Gasteiger partial charge < -0.3 is 0 Å². The SMILES string of the molecule is CC(C)C(Cl)CC(=O)Cl. The molecule has 0 spiro atoms. The first-order valence-electron chi connectivity index (χ1n) is 2.86. The zero-order valence-electron chi connectivity index (χ0n) is 5.53. The third kappa shape index (κ3) is 4.73. The molecule has 0 rings (SSSR count). The molecule has 0 saturated carbocycles. The number of hydrogen-bond donors (Lipinski definition) is 0. The van der Waals surface area contributed by atoms with Gasteiger partial charge in [-0.3, -0.25) is 4.79 Å². The van der Waals surface area contributed by atoms with E-state index in [1.54, 1.807) is 0 Å². The molecule has 0 aliphatic carbocycles. The van der Waals surface area contributed by atoms with Crippen LogP contribution in [0.25, 0.3) is 0 Å². The van der Waals surface area contributed by atoms with Crippen LogP contribution < -0.4 is 0 Å². The Balaban J connectivity index is 3.50. The second kappa shape index (κ2) is 4.13. The monoisotopic (exact) mass is 168 g/mol. The Morgan fingerprint density at radius 2 is 2.00 bits per heavy atom. The fourth-order valence-corrected chi connectivity index (χ4v) is 0.774. The Morgan fingerprint density at radius 3 is 2.11 bits per heavy atom. The highest BCUT2D eigenvalue weighted by Crippen LogP contribution is 2.14. The van der Waals surface area contributed by atoms with Gasteiger partial charge in [-0.2, -0.15) is 0 Å². The van der Waals surface area contributed by atoms with Gasteiger partial charge in [-0.1, -0.05) is 13.8 Å². The van der Waals surface area contributed by atoms with Gasteiger partial charge >= 0.3 is 0 Å². The minimum Gasteiger partial charge on any atom is -0.281 e. The molecule has 1 unspecified atom stereocenters. The van der Waals surface area contributed by atoms with Crippen LogP contribution in [0.5, 0.6) is 0 Å². The lowest BCUT2D eigenvalue weighted by Crippen LogP contribution is -2.10. The number of hydrogen-bond acceptors (Lipinski definition) is 1. The van der Waals surface area contributed by atoms with Gasteiger partial charge in [0.15, 0.2) is 0 Å². The van der Waals surface area contributed by atoms with Crippen LogP contribution >= 0.6 is 23.2 Å². The molecule has 9 heavy (non-hydrogen) atoms. The summed E-state index contributed by atoms with van der Waals surface area (Å²) in [5, 5.41) is -0.473. The predicted octanol–water partition coefficient (Wildman–Crippen LogP) is 2.41. The van der Waals surface area contributed by atoms with E-state index in [2.05, 4.69) is 0 Å². The van der Waals surface area contributed by atoms with Crippen molar-refractivity contribution in [2.45, 2.75) is 25.6 Å². The molecular weight excluding hydrogens is 159 g/mol. The first-order chi connectivity index (χ1) is 4.04. The predicted molar refractivity (Wildman–Crippen MR) is 40.0 cm³/mol. The van der Waals surface area contributed by atoms with Crippen molar-refractivity contribution in [3.8, 4) is 0 Å². The summed E-state index contributed by atoms with van der Waals surface area (Å²) in [5.74, 6) is 0.314. The third-order valence-electron chi connectivity index (χ3n) is 1.08. The molecule has 1 nitrogen and oxygen atoms in total. The first kappa shape index (κ1) is 9.25. The first-order valence-corrected chi connectivity index (χ1v) is 3.68. The quantitative estimate of drug-likeness (QED) is 0.468. The highest BCUT2D eigenvalue weighted by molar-refractivity contribution is 6.63. The zero-order chi connectivity index (χ0) is 7.44. The average Bonchev–Trinajstić information content (AvgIpc) is 1.63. The van der Waals surface area contributed by atoms with Crippen molar-refractivity contribution in [3.63, 3.8) is 0 Å². The summed E-state index contributed by atoms with van der Waals surface area (Å²) in [4.78, 5) is 10.2. The fraction of sp³-hybridized carbons (Fsp3) is 0.833. The van der Waals surface area contributed by atoms with E-state index in [-0.39, 0.29) is 17.0 Å². The van der Waals surface area contributed by atoms with E-state index in [9.17, 15) is 4.79 Å². The molecule has 0 aromatic heterocycles. The van der Waals surface area contributed by atoms with Crippen LogP contribution in [-0.4, -0.2) is 10.6 Å². The van der Waals surface area contributed by atoms with Gasteiger partial charge in [0, 0.05) is 11.8 Å². The van der Waals surface area contributed by atoms with Crippen LogP contribution in [-0.2, 0) is 4.79 Å². The van der Waals surface area contributed by atoms with Crippen LogP contribution in [0.4, 0.5) is 0 Å². The topological polar surface area (TPSA) is 17.1 Å². The van der Waals surface area contributed by atoms with Gasteiger partial charge in [0.25, 0.3) is 0 Å². The van der Waals surface area contributed by atoms with Crippen molar-refractivity contribution in [1.82, 2.24) is 0 Å². The van der Waals surface area contributed by atoms with Crippen molar-refractivity contribution >= 4 is 28.4 Å². The number of alkyl halides is 1. The molecule has 0 bridgehead atoms. The van der Waals surface area contributed by atoms with Gasteiger partial charge in [0.1, 0.15) is 0 Å². The van der Waals surface area contributed by atoms with Gasteiger partial charge in [-0.15, -0.1) is 11.6 Å². The Kier molecular flexibility index (Phi) is 4.24. The summed E-state index contributed by atoms with van der Waals surface area (Å²) < 4.78 is 0. The van der Waals surface area contributed by atoms with E-state index in [0.29, 0.717) is 5.92 Å². The van der Waals surface area contributed by atoms with Crippen LogP contribution in [0.15, 0.2) is 0 Å². The third-order valence-corrected chi connectivity index (χ3v) is 1.89. The smallest absolute Gasteiger partial charge is 0.223 e. The molecule has 0 saturated heterocycles. The molecule has 1 atom stereocenters. The van der Waals surface area contributed by atoms with E-state index < -0.39 is 0 Å². The van der Waals surface area contributed by atoms with E-state index in [1.807, 2.05) is 13.8 Å². The Labute approximate surface area is 65.3 Å². The lowest BCUT2D eigenvalue weighted by atomic mass is 10.1. The molecule has 54 valence electrons. The second-order valence-electron chi connectivity index (χ2n) is 2.32. The highest BCUT2D eigenvalue weighted by Gasteiger charge is 2.12. The van der Waals surface area contributed by atoms with Crippen LogP contribution in [0.1, 0.15) is 20.3 Å². The maximum atomic E-state index is 10.2. The van der Waals surface area contributed by atoms with Crippen LogP contribution in [0.3, 0.4) is 0 Å². The lowest BCUT2D eigenvalue weighted by molar-refractivity contribution is -0.111. The zero-order valence-corrected chi connectivity index (χ0v) is 7.04. The molecule has 0 amide bonds. The average molecular weight is 169 g/mol. The summed E-state index contributed by atoms with van der Waals surface area (Å²) >= 11 is 10.8. The standard InChI is InChI=1S/C6H10Cl2O/c1-4(2)5(7)3-6(8)9/h4-5H,3H2,1-2H3. The Hall–Kier alpha value is 0.250. The summed E-state index contributed by atoms with van der Waals surface area (Å²) in [6, 6.07) is 0. The molecule has 0 radical (unpaired) electrons. The molecule has 0 heterocycles. The summed E-state index contributed by atoms with van der Waals surface area (Å²) in [7, 11) is 0. The van der Waals surface area contributed by atoms with Crippen molar-refractivity contribution in [2.24, 2.45) is 5.92 Å². The fourth-order valence-electron chi connectivity index (χ4n) is 0.389. The molecular formula is C6H10Cl2O. The molecule has 0 aromatic rings. The van der Waals surface area contributed by atoms with Crippen molar-refractivity contribution in [1.29, 1.82) is 0 Å². The van der Waals surface area contributed by atoms with Crippen molar-refractivity contribution in [2.75, 3.05) is 0 Å². The van der Waals surface area contributed by atoms with Gasteiger partial charge in [0.05, 0.1) is 0 Å². The van der Waals surface area contributed by atoms with Gasteiger partial charge in [-0.05, 0) is 17.5 Å². The normalized spacial score (nSPS) is 13.9. The summed E-state index contributed by atoms with van der Waals surface area (Å²) in [5.41, 5.74) is 0. The minimum absolute atomic E-state index is 0.116. The molecule has 0 aliphatic rings. The van der Waals surface area contributed by atoms with Crippen molar-refractivity contribution in [3.05, 3.63) is 0 Å². The maximum Gasteiger partial charge on any atom is 0.223 e. The minimum atomic E-state index is -0.358. The van der Waals surface area contributed by atoms with E-state index >= 15 is 0 Å². The molecule has 0 aromatic carbocycles. The Bertz CT molecular complexity index is 101. The second-order valence-corrected chi connectivity index (χ2v) is 3.30. The number of carbonyl (C=O) groups excluding carboxylic acids is 1. The van der Waals surface area contributed by atoms with E-state index in [1.165, 1.54) is 0 Å². The molecule has 0 N–H and O–H groups in total. The summed E-state index contributed by atoms with van der Waals surface area (Å²) in [6.07, 6.45) is 0.265.